The number of rotatable bonds is 5. The Hall–Kier alpha value is -4.98. The topological polar surface area (TPSA) is 101 Å². The van der Waals surface area contributed by atoms with Crippen LogP contribution in [0, 0.1) is 13.8 Å². The van der Waals surface area contributed by atoms with Crippen molar-refractivity contribution in [2.75, 3.05) is 12.8 Å². The van der Waals surface area contributed by atoms with E-state index in [0.29, 0.717) is 40.2 Å². The Labute approximate surface area is 219 Å². The fourth-order valence-electron chi connectivity index (χ4n) is 4.95. The van der Waals surface area contributed by atoms with Gasteiger partial charge < -0.3 is 10.5 Å². The minimum atomic E-state index is -0.0712. The third kappa shape index (κ3) is 3.87. The van der Waals surface area contributed by atoms with Gasteiger partial charge in [-0.1, -0.05) is 48.0 Å². The van der Waals surface area contributed by atoms with E-state index in [0.717, 1.165) is 33.5 Å². The average molecular weight is 503 g/mol. The van der Waals surface area contributed by atoms with Crippen molar-refractivity contribution in [2.45, 2.75) is 20.4 Å². The van der Waals surface area contributed by atoms with E-state index in [2.05, 4.69) is 9.97 Å². The van der Waals surface area contributed by atoms with E-state index in [9.17, 15) is 4.79 Å². The van der Waals surface area contributed by atoms with Crippen LogP contribution in [0.25, 0.3) is 38.8 Å². The van der Waals surface area contributed by atoms with Gasteiger partial charge in [-0.2, -0.15) is 5.10 Å². The maximum Gasteiger partial charge on any atom is 0.263 e. The summed E-state index contributed by atoms with van der Waals surface area (Å²) < 4.78 is 8.97. The number of aromatic nitrogens is 5. The molecule has 0 atom stereocenters. The van der Waals surface area contributed by atoms with Gasteiger partial charge in [-0.25, -0.2) is 14.6 Å². The molecule has 3 aromatic carbocycles. The van der Waals surface area contributed by atoms with Crippen LogP contribution in [0.5, 0.6) is 5.75 Å². The van der Waals surface area contributed by atoms with E-state index in [-0.39, 0.29) is 5.56 Å². The Morgan fingerprint density at radius 1 is 0.921 bits per heavy atom. The molecule has 3 aromatic heterocycles. The molecule has 6 rings (SSSR count). The monoisotopic (exact) mass is 502 g/mol. The van der Waals surface area contributed by atoms with Crippen molar-refractivity contribution in [1.29, 1.82) is 0 Å². The molecule has 0 saturated carbocycles. The van der Waals surface area contributed by atoms with Gasteiger partial charge in [0.15, 0.2) is 5.65 Å². The Bertz CT molecular complexity index is 1890. The van der Waals surface area contributed by atoms with Crippen LogP contribution in [0.4, 0.5) is 5.82 Å². The number of methoxy groups -OCH3 is 1. The second-order valence-electron chi connectivity index (χ2n) is 9.35. The molecule has 0 bridgehead atoms. The molecule has 0 spiro atoms. The van der Waals surface area contributed by atoms with Gasteiger partial charge in [-0.05, 0) is 55.1 Å². The molecule has 8 heteroatoms. The summed E-state index contributed by atoms with van der Waals surface area (Å²) >= 11 is 0. The molecule has 0 fully saturated rings. The summed E-state index contributed by atoms with van der Waals surface area (Å²) in [5, 5.41) is 7.17. The lowest BCUT2D eigenvalue weighted by molar-refractivity contribution is 0.415. The number of hydrogen-bond donors (Lipinski definition) is 1. The summed E-state index contributed by atoms with van der Waals surface area (Å²) in [7, 11) is 1.62. The molecule has 38 heavy (non-hydrogen) atoms. The number of nitrogens with two attached hydrogens (primary N) is 1. The lowest BCUT2D eigenvalue weighted by Crippen LogP contribution is -2.24. The quantitative estimate of drug-likeness (QED) is 0.354. The summed E-state index contributed by atoms with van der Waals surface area (Å²) in [4.78, 5) is 22.7. The summed E-state index contributed by atoms with van der Waals surface area (Å²) in [6.07, 6.45) is 1.43. The van der Waals surface area contributed by atoms with Crippen LogP contribution in [0.1, 0.15) is 16.8 Å². The zero-order valence-corrected chi connectivity index (χ0v) is 21.3. The Kier molecular flexibility index (Phi) is 5.64. The molecule has 188 valence electrons. The molecule has 0 saturated heterocycles. The van der Waals surface area contributed by atoms with Gasteiger partial charge in [0.25, 0.3) is 5.56 Å². The number of benzene rings is 3. The van der Waals surface area contributed by atoms with Crippen LogP contribution in [-0.4, -0.2) is 31.4 Å². The lowest BCUT2D eigenvalue weighted by atomic mass is 10.1. The predicted octanol–water partition coefficient (Wildman–Crippen LogP) is 5.05. The standard InChI is InChI=1S/C30H26N6O2/c1-18-10-12-22(13-11-18)36-23(14-20-7-4-6-19(2)25(20)30(36)37)16-35-29-26(28(31)32-17-33-29)27(34-35)21-8-5-9-24(15-21)38-3/h4-15,17H,16H2,1-3H3,(H2,31,32,33). The molecule has 0 amide bonds. The van der Waals surface area contributed by atoms with Crippen LogP contribution in [0.2, 0.25) is 0 Å². The van der Waals surface area contributed by atoms with Gasteiger partial charge in [0.2, 0.25) is 0 Å². The summed E-state index contributed by atoms with van der Waals surface area (Å²) in [6, 6.07) is 23.5. The zero-order valence-electron chi connectivity index (χ0n) is 21.3. The van der Waals surface area contributed by atoms with Crippen molar-refractivity contribution in [3.05, 3.63) is 106 Å². The van der Waals surface area contributed by atoms with Crippen molar-refractivity contribution in [3.63, 3.8) is 0 Å². The number of pyridine rings is 1. The van der Waals surface area contributed by atoms with Gasteiger partial charge in [0.1, 0.15) is 23.6 Å². The van der Waals surface area contributed by atoms with Gasteiger partial charge in [0, 0.05) is 16.9 Å². The second-order valence-corrected chi connectivity index (χ2v) is 9.35. The first-order valence-corrected chi connectivity index (χ1v) is 12.3. The number of aryl methyl sites for hydroxylation is 2. The number of anilines is 1. The molecule has 0 aliphatic carbocycles. The third-order valence-electron chi connectivity index (χ3n) is 6.84. The number of hydrogen-bond acceptors (Lipinski definition) is 6. The van der Waals surface area contributed by atoms with Crippen molar-refractivity contribution in [1.82, 2.24) is 24.3 Å². The molecule has 0 aliphatic rings. The zero-order chi connectivity index (χ0) is 26.4. The summed E-state index contributed by atoms with van der Waals surface area (Å²) in [5.74, 6) is 1.04. The fourth-order valence-corrected chi connectivity index (χ4v) is 4.95. The normalized spacial score (nSPS) is 11.3. The minimum absolute atomic E-state index is 0.0712. The molecule has 0 unspecified atom stereocenters. The highest BCUT2D eigenvalue weighted by Crippen LogP contribution is 2.32. The highest BCUT2D eigenvalue weighted by Gasteiger charge is 2.20. The largest absolute Gasteiger partial charge is 0.497 e. The Morgan fingerprint density at radius 3 is 2.50 bits per heavy atom. The van der Waals surface area contributed by atoms with E-state index in [4.69, 9.17) is 15.6 Å². The van der Waals surface area contributed by atoms with Crippen LogP contribution in [0.15, 0.2) is 83.9 Å². The Balaban J connectivity index is 1.60. The number of nitrogen functional groups attached to an aromatic ring is 1. The van der Waals surface area contributed by atoms with E-state index in [1.165, 1.54) is 6.33 Å². The number of fused-ring (bicyclic) bond motifs is 2. The van der Waals surface area contributed by atoms with E-state index in [1.54, 1.807) is 16.4 Å². The fraction of sp³-hybridized carbons (Fsp3) is 0.133. The summed E-state index contributed by atoms with van der Waals surface area (Å²) in [5.41, 5.74) is 11.9. The first-order chi connectivity index (χ1) is 18.4. The van der Waals surface area contributed by atoms with E-state index < -0.39 is 0 Å². The van der Waals surface area contributed by atoms with Crippen LogP contribution in [-0.2, 0) is 6.54 Å². The molecular formula is C30H26N6O2. The SMILES string of the molecule is COc1cccc(-c2nn(Cc3cc4cccc(C)c4c(=O)n3-c3ccc(C)cc3)c3ncnc(N)c23)c1. The average Bonchev–Trinajstić information content (AvgIpc) is 3.29. The molecule has 0 aliphatic heterocycles. The predicted molar refractivity (Wildman–Crippen MR) is 150 cm³/mol. The van der Waals surface area contributed by atoms with E-state index >= 15 is 0 Å². The smallest absolute Gasteiger partial charge is 0.263 e. The minimum Gasteiger partial charge on any atom is -0.497 e. The van der Waals surface area contributed by atoms with Crippen LogP contribution >= 0.6 is 0 Å². The molecule has 2 N–H and O–H groups in total. The molecule has 6 aromatic rings. The van der Waals surface area contributed by atoms with Crippen LogP contribution < -0.4 is 16.0 Å². The molecule has 8 nitrogen and oxygen atoms in total. The summed E-state index contributed by atoms with van der Waals surface area (Å²) in [6.45, 7) is 4.28. The third-order valence-corrected chi connectivity index (χ3v) is 6.84. The van der Waals surface area contributed by atoms with Gasteiger partial charge in [-0.3, -0.25) is 9.36 Å². The van der Waals surface area contributed by atoms with Crippen LogP contribution in [0.3, 0.4) is 0 Å². The maximum absolute atomic E-state index is 13.9. The van der Waals surface area contributed by atoms with Gasteiger partial charge in [-0.15, -0.1) is 0 Å². The highest BCUT2D eigenvalue weighted by atomic mass is 16.5. The Morgan fingerprint density at radius 2 is 1.71 bits per heavy atom. The van der Waals surface area contributed by atoms with E-state index in [1.807, 2.05) is 86.6 Å². The van der Waals surface area contributed by atoms with Crippen molar-refractivity contribution in [3.8, 4) is 22.7 Å². The molecule has 3 heterocycles. The van der Waals surface area contributed by atoms with Crippen molar-refractivity contribution < 1.29 is 4.74 Å². The van der Waals surface area contributed by atoms with Crippen molar-refractivity contribution >= 4 is 27.6 Å². The van der Waals surface area contributed by atoms with Crippen molar-refractivity contribution in [2.24, 2.45) is 0 Å². The first-order valence-electron chi connectivity index (χ1n) is 12.3. The lowest BCUT2D eigenvalue weighted by Gasteiger charge is -2.16. The first kappa shape index (κ1) is 23.4. The van der Waals surface area contributed by atoms with Gasteiger partial charge in [0.05, 0.1) is 24.4 Å². The van der Waals surface area contributed by atoms with Gasteiger partial charge >= 0.3 is 0 Å². The molecular weight excluding hydrogens is 476 g/mol. The second kappa shape index (κ2) is 9.15. The molecule has 0 radical (unpaired) electrons. The number of ether oxygens (including phenoxy) is 1. The maximum atomic E-state index is 13.9. The highest BCUT2D eigenvalue weighted by molar-refractivity contribution is 5.98. The number of nitrogens with zero attached hydrogens (tertiary/aromatic N) is 5.